The largest absolute Gasteiger partial charge is 0.347 e. The summed E-state index contributed by atoms with van der Waals surface area (Å²) in [7, 11) is -3.72. The summed E-state index contributed by atoms with van der Waals surface area (Å²) in [6, 6.07) is 4.73. The van der Waals surface area contributed by atoms with Crippen LogP contribution in [-0.2, 0) is 29.1 Å². The van der Waals surface area contributed by atoms with Crippen LogP contribution in [0.5, 0.6) is 0 Å². The van der Waals surface area contributed by atoms with E-state index in [-0.39, 0.29) is 10.8 Å². The number of anilines is 1. The van der Waals surface area contributed by atoms with Gasteiger partial charge in [-0.25, -0.2) is 8.42 Å². The van der Waals surface area contributed by atoms with Crippen LogP contribution in [0.3, 0.4) is 0 Å². The van der Waals surface area contributed by atoms with Crippen molar-refractivity contribution in [2.24, 2.45) is 0 Å². The molecule has 3 fully saturated rings. The maximum atomic E-state index is 13.2. The van der Waals surface area contributed by atoms with Gasteiger partial charge in [-0.1, -0.05) is 12.8 Å². The third-order valence-corrected chi connectivity index (χ3v) is 9.93. The van der Waals surface area contributed by atoms with Crippen LogP contribution in [0, 0.1) is 0 Å². The number of rotatable bonds is 3. The minimum atomic E-state index is -3.72. The van der Waals surface area contributed by atoms with Gasteiger partial charge >= 0.3 is 0 Å². The van der Waals surface area contributed by atoms with Crippen LogP contribution in [0.2, 0.25) is 0 Å². The number of nitrogens with zero attached hydrogens (tertiary/aromatic N) is 2. The summed E-state index contributed by atoms with van der Waals surface area (Å²) in [5.74, 6) is -1.21. The second kappa shape index (κ2) is 9.18. The van der Waals surface area contributed by atoms with Gasteiger partial charge in [0.05, 0.1) is 23.8 Å². The zero-order valence-corrected chi connectivity index (χ0v) is 20.1. The number of hydrogen-bond acceptors (Lipinski definition) is 7. The van der Waals surface area contributed by atoms with E-state index in [2.05, 4.69) is 5.32 Å². The third-order valence-electron chi connectivity index (χ3n) is 6.77. The zero-order valence-electron chi connectivity index (χ0n) is 18.5. The molecule has 2 amide bonds. The number of carbonyl (C=O) groups excluding carboxylic acids is 2. The molecule has 4 aliphatic rings. The predicted molar refractivity (Wildman–Crippen MR) is 122 cm³/mol. The van der Waals surface area contributed by atoms with Crippen molar-refractivity contribution in [2.45, 2.75) is 59.4 Å². The first-order chi connectivity index (χ1) is 15.9. The van der Waals surface area contributed by atoms with Crippen molar-refractivity contribution in [1.29, 1.82) is 0 Å². The van der Waals surface area contributed by atoms with Crippen molar-refractivity contribution in [1.82, 2.24) is 9.21 Å². The van der Waals surface area contributed by atoms with Crippen molar-refractivity contribution in [3.05, 3.63) is 18.2 Å². The van der Waals surface area contributed by atoms with Gasteiger partial charge in [0.1, 0.15) is 0 Å². The van der Waals surface area contributed by atoms with E-state index in [1.807, 2.05) is 0 Å². The maximum absolute atomic E-state index is 13.2. The number of carbonyl (C=O) groups is 2. The molecule has 5 rings (SSSR count). The molecule has 0 radical (unpaired) electrons. The quantitative estimate of drug-likeness (QED) is 0.640. The molecule has 180 valence electrons. The summed E-state index contributed by atoms with van der Waals surface area (Å²) in [5.41, 5.74) is 0.432. The molecule has 0 bridgehead atoms. The van der Waals surface area contributed by atoms with Crippen LogP contribution in [0.15, 0.2) is 28.0 Å². The van der Waals surface area contributed by atoms with E-state index in [4.69, 9.17) is 9.47 Å². The third kappa shape index (κ3) is 4.53. The number of nitrogens with one attached hydrogen (secondary N) is 1. The van der Waals surface area contributed by atoms with E-state index in [9.17, 15) is 18.0 Å². The highest BCUT2D eigenvalue weighted by molar-refractivity contribution is 8.01. The Hall–Kier alpha value is -1.66. The molecule has 1 unspecified atom stereocenters. The molecule has 3 saturated heterocycles. The van der Waals surface area contributed by atoms with Crippen LogP contribution in [-0.4, -0.2) is 79.9 Å². The standard InChI is InChI=1S/C22H29N3O6S2/c26-20-19(21(27)24-9-3-1-2-4-10-24)32-18-6-5-16(15-17(18)23-20)33(28,29)25-11-7-22(8-12-25)30-13-14-31-22/h5-6,15,19H,1-4,7-14H2,(H,23,26). The number of hydrogen-bond donors (Lipinski definition) is 1. The van der Waals surface area contributed by atoms with Crippen molar-refractivity contribution in [3.63, 3.8) is 0 Å². The molecular weight excluding hydrogens is 466 g/mol. The van der Waals surface area contributed by atoms with E-state index in [0.717, 1.165) is 25.7 Å². The van der Waals surface area contributed by atoms with Crippen LogP contribution in [0.1, 0.15) is 38.5 Å². The molecule has 1 N–H and O–H groups in total. The lowest BCUT2D eigenvalue weighted by Gasteiger charge is -2.37. The molecule has 4 heterocycles. The number of piperidine rings is 1. The second-order valence-corrected chi connectivity index (χ2v) is 12.0. The first-order valence-corrected chi connectivity index (χ1v) is 13.9. The average Bonchev–Trinajstić information content (AvgIpc) is 3.09. The average molecular weight is 496 g/mol. The van der Waals surface area contributed by atoms with Gasteiger partial charge in [-0.05, 0) is 31.0 Å². The van der Waals surface area contributed by atoms with Gasteiger partial charge in [0, 0.05) is 43.9 Å². The fourth-order valence-electron chi connectivity index (χ4n) is 4.87. The minimum absolute atomic E-state index is 0.128. The van der Waals surface area contributed by atoms with Crippen molar-refractivity contribution >= 4 is 39.3 Å². The highest BCUT2D eigenvalue weighted by Gasteiger charge is 2.43. The lowest BCUT2D eigenvalue weighted by molar-refractivity contribution is -0.179. The second-order valence-electron chi connectivity index (χ2n) is 8.90. The first kappa shape index (κ1) is 23.1. The summed E-state index contributed by atoms with van der Waals surface area (Å²) in [5, 5.41) is 1.93. The van der Waals surface area contributed by atoms with Crippen molar-refractivity contribution < 1.29 is 27.5 Å². The molecule has 33 heavy (non-hydrogen) atoms. The molecule has 11 heteroatoms. The van der Waals surface area contributed by atoms with Gasteiger partial charge in [-0.15, -0.1) is 11.8 Å². The normalized spacial score (nSPS) is 26.0. The van der Waals surface area contributed by atoms with Crippen LogP contribution < -0.4 is 5.32 Å². The van der Waals surface area contributed by atoms with E-state index in [1.54, 1.807) is 17.0 Å². The number of fused-ring (bicyclic) bond motifs is 1. The van der Waals surface area contributed by atoms with Gasteiger partial charge < -0.3 is 19.7 Å². The Bertz CT molecular complexity index is 1020. The summed E-state index contributed by atoms with van der Waals surface area (Å²) in [6.45, 7) is 3.06. The Kier molecular flexibility index (Phi) is 6.43. The fourth-order valence-corrected chi connectivity index (χ4v) is 7.39. The van der Waals surface area contributed by atoms with Gasteiger partial charge in [0.2, 0.25) is 21.8 Å². The number of benzene rings is 1. The zero-order chi connectivity index (χ0) is 23.1. The summed E-state index contributed by atoms with van der Waals surface area (Å²) in [4.78, 5) is 28.4. The number of ether oxygens (including phenoxy) is 2. The van der Waals surface area contributed by atoms with Crippen LogP contribution >= 0.6 is 11.8 Å². The highest BCUT2D eigenvalue weighted by Crippen LogP contribution is 2.39. The Labute approximate surface area is 198 Å². The van der Waals surface area contributed by atoms with Gasteiger partial charge in [0.15, 0.2) is 11.0 Å². The number of sulfonamides is 1. The lowest BCUT2D eigenvalue weighted by atomic mass is 10.1. The SMILES string of the molecule is O=C1Nc2cc(S(=O)(=O)N3CCC4(CC3)OCCO4)ccc2SC1C(=O)N1CCCCCC1. The van der Waals surface area contributed by atoms with Crippen LogP contribution in [0.25, 0.3) is 0 Å². The van der Waals surface area contributed by atoms with E-state index in [0.29, 0.717) is 62.8 Å². The topological polar surface area (TPSA) is 105 Å². The van der Waals surface area contributed by atoms with E-state index >= 15 is 0 Å². The molecular formula is C22H29N3O6S2. The minimum Gasteiger partial charge on any atom is -0.347 e. The fraction of sp³-hybridized carbons (Fsp3) is 0.636. The molecule has 1 spiro atoms. The summed E-state index contributed by atoms with van der Waals surface area (Å²) >= 11 is 1.20. The number of thioether (sulfide) groups is 1. The molecule has 9 nitrogen and oxygen atoms in total. The molecule has 1 aromatic rings. The number of likely N-dealkylation sites (tertiary alicyclic amines) is 1. The molecule has 1 atom stereocenters. The molecule has 0 saturated carbocycles. The van der Waals surface area contributed by atoms with Crippen molar-refractivity contribution in [3.8, 4) is 0 Å². The van der Waals surface area contributed by atoms with Gasteiger partial charge in [0.25, 0.3) is 0 Å². The molecule has 4 aliphatic heterocycles. The monoisotopic (exact) mass is 495 g/mol. The predicted octanol–water partition coefficient (Wildman–Crippen LogP) is 2.03. The lowest BCUT2D eigenvalue weighted by Crippen LogP contribution is -2.47. The number of amides is 2. The van der Waals surface area contributed by atoms with Gasteiger partial charge in [-0.2, -0.15) is 4.31 Å². The Balaban J connectivity index is 1.30. The Morgan fingerprint density at radius 2 is 1.70 bits per heavy atom. The molecule has 1 aromatic carbocycles. The first-order valence-electron chi connectivity index (χ1n) is 11.6. The smallest absolute Gasteiger partial charge is 0.247 e. The molecule has 0 aliphatic carbocycles. The summed E-state index contributed by atoms with van der Waals surface area (Å²) < 4.78 is 39.3. The molecule has 0 aromatic heterocycles. The van der Waals surface area contributed by atoms with Crippen molar-refractivity contribution in [2.75, 3.05) is 44.7 Å². The Morgan fingerprint density at radius 3 is 2.36 bits per heavy atom. The van der Waals surface area contributed by atoms with Crippen LogP contribution in [0.4, 0.5) is 5.69 Å². The van der Waals surface area contributed by atoms with Gasteiger partial charge in [-0.3, -0.25) is 9.59 Å². The highest BCUT2D eigenvalue weighted by atomic mass is 32.2. The maximum Gasteiger partial charge on any atom is 0.247 e. The van der Waals surface area contributed by atoms with E-state index < -0.39 is 27.0 Å². The summed E-state index contributed by atoms with van der Waals surface area (Å²) in [6.07, 6.45) is 5.10. The van der Waals surface area contributed by atoms with E-state index in [1.165, 1.54) is 22.1 Å². The Morgan fingerprint density at radius 1 is 1.03 bits per heavy atom.